The lowest BCUT2D eigenvalue weighted by Gasteiger charge is -2.19. The van der Waals surface area contributed by atoms with Gasteiger partial charge in [0.1, 0.15) is 0 Å². The van der Waals surface area contributed by atoms with Crippen LogP contribution in [0.2, 0.25) is 0 Å². The Balaban J connectivity index is 2.01. The molecule has 0 aromatic heterocycles. The first-order chi connectivity index (χ1) is 11.6. The van der Waals surface area contributed by atoms with Crippen molar-refractivity contribution in [3.8, 4) is 0 Å². The Morgan fingerprint density at radius 2 is 1.50 bits per heavy atom. The number of carbonyl (C=O) groups is 1. The third-order valence-corrected chi connectivity index (χ3v) is 4.80. The highest BCUT2D eigenvalue weighted by Crippen LogP contribution is 2.27. The summed E-state index contributed by atoms with van der Waals surface area (Å²) in [6, 6.07) is 20.8. The number of nitrogens with one attached hydrogen (secondary N) is 1. The van der Waals surface area contributed by atoms with Crippen LogP contribution < -0.4 is 11.1 Å². The number of benzene rings is 2. The number of rotatable bonds is 8. The molecule has 24 heavy (non-hydrogen) atoms. The topological polar surface area (TPSA) is 56.7 Å². The Kier molecular flexibility index (Phi) is 7.01. The zero-order valence-corrected chi connectivity index (χ0v) is 14.7. The molecule has 0 heterocycles. The molecule has 2 atom stereocenters. The Bertz CT molecular complexity index is 573. The van der Waals surface area contributed by atoms with Crippen molar-refractivity contribution in [3.63, 3.8) is 0 Å². The van der Waals surface area contributed by atoms with Crippen LogP contribution in [0.15, 0.2) is 60.7 Å². The SMILES string of the molecule is CC[C@@H](C)[C@@H]([NH3+])C(=O)NCCC(c1ccccc1)c1ccccc1. The van der Waals surface area contributed by atoms with Crippen LogP contribution in [0.5, 0.6) is 0 Å². The van der Waals surface area contributed by atoms with E-state index in [1.165, 1.54) is 11.1 Å². The molecule has 0 radical (unpaired) electrons. The van der Waals surface area contributed by atoms with Crippen LogP contribution in [-0.2, 0) is 4.79 Å². The fourth-order valence-corrected chi connectivity index (χ4v) is 2.91. The molecule has 0 aliphatic rings. The molecule has 1 amide bonds. The maximum atomic E-state index is 12.2. The summed E-state index contributed by atoms with van der Waals surface area (Å²) in [4.78, 5) is 12.2. The van der Waals surface area contributed by atoms with Crippen LogP contribution in [0.1, 0.15) is 43.7 Å². The summed E-state index contributed by atoms with van der Waals surface area (Å²) in [5.74, 6) is 0.660. The Morgan fingerprint density at radius 3 is 1.96 bits per heavy atom. The molecular weight excluding hydrogens is 296 g/mol. The van der Waals surface area contributed by atoms with Crippen molar-refractivity contribution in [1.82, 2.24) is 5.32 Å². The highest BCUT2D eigenvalue weighted by molar-refractivity contribution is 5.80. The standard InChI is InChI=1S/C21H28N2O/c1-3-16(2)20(22)21(24)23-15-14-19(17-10-6-4-7-11-17)18-12-8-5-9-13-18/h4-13,16,19-20H,3,14-15,22H2,1-2H3,(H,23,24)/p+1/t16-,20-/m1/s1. The second-order valence-electron chi connectivity index (χ2n) is 6.45. The number of amides is 1. The third-order valence-electron chi connectivity index (χ3n) is 4.80. The number of quaternary nitrogens is 1. The van der Waals surface area contributed by atoms with Gasteiger partial charge in [-0.25, -0.2) is 0 Å². The predicted octanol–water partition coefficient (Wildman–Crippen LogP) is 2.98. The minimum atomic E-state index is -0.179. The molecule has 3 nitrogen and oxygen atoms in total. The van der Waals surface area contributed by atoms with E-state index >= 15 is 0 Å². The monoisotopic (exact) mass is 325 g/mol. The first-order valence-corrected chi connectivity index (χ1v) is 8.84. The molecule has 0 aliphatic carbocycles. The van der Waals surface area contributed by atoms with Crippen LogP contribution in [0, 0.1) is 5.92 Å². The summed E-state index contributed by atoms with van der Waals surface area (Å²) in [7, 11) is 0. The molecule has 0 saturated carbocycles. The van der Waals surface area contributed by atoms with Crippen molar-refractivity contribution in [1.29, 1.82) is 0 Å². The summed E-state index contributed by atoms with van der Waals surface area (Å²) < 4.78 is 0. The zero-order valence-electron chi connectivity index (χ0n) is 14.7. The van der Waals surface area contributed by atoms with E-state index in [2.05, 4.69) is 73.4 Å². The molecule has 0 unspecified atom stereocenters. The van der Waals surface area contributed by atoms with Crippen molar-refractivity contribution in [3.05, 3.63) is 71.8 Å². The smallest absolute Gasteiger partial charge is 0.278 e. The first-order valence-electron chi connectivity index (χ1n) is 8.84. The Morgan fingerprint density at radius 1 is 1.00 bits per heavy atom. The number of hydrogen-bond acceptors (Lipinski definition) is 1. The van der Waals surface area contributed by atoms with Crippen molar-refractivity contribution in [2.75, 3.05) is 6.54 Å². The summed E-state index contributed by atoms with van der Waals surface area (Å²) in [5.41, 5.74) is 6.58. The molecule has 128 valence electrons. The molecule has 4 N–H and O–H groups in total. The van der Waals surface area contributed by atoms with Gasteiger partial charge in [-0.3, -0.25) is 4.79 Å². The summed E-state index contributed by atoms with van der Waals surface area (Å²) >= 11 is 0. The van der Waals surface area contributed by atoms with Crippen LogP contribution in [-0.4, -0.2) is 18.5 Å². The van der Waals surface area contributed by atoms with Gasteiger partial charge in [0, 0.05) is 18.4 Å². The average molecular weight is 325 g/mol. The maximum absolute atomic E-state index is 12.2. The lowest BCUT2D eigenvalue weighted by Crippen LogP contribution is -2.70. The van der Waals surface area contributed by atoms with Crippen LogP contribution in [0.25, 0.3) is 0 Å². The van der Waals surface area contributed by atoms with Gasteiger partial charge in [-0.1, -0.05) is 74.5 Å². The fraction of sp³-hybridized carbons (Fsp3) is 0.381. The minimum Gasteiger partial charge on any atom is -0.351 e. The quantitative estimate of drug-likeness (QED) is 0.770. The van der Waals surface area contributed by atoms with Crippen LogP contribution in [0.3, 0.4) is 0 Å². The normalized spacial score (nSPS) is 13.5. The molecule has 0 saturated heterocycles. The van der Waals surface area contributed by atoms with E-state index in [0.29, 0.717) is 18.4 Å². The lowest BCUT2D eigenvalue weighted by molar-refractivity contribution is -0.415. The van der Waals surface area contributed by atoms with Gasteiger partial charge in [0.05, 0.1) is 0 Å². The highest BCUT2D eigenvalue weighted by atomic mass is 16.2. The van der Waals surface area contributed by atoms with E-state index in [1.54, 1.807) is 0 Å². The van der Waals surface area contributed by atoms with E-state index in [0.717, 1.165) is 12.8 Å². The number of carbonyl (C=O) groups excluding carboxylic acids is 1. The number of hydrogen-bond donors (Lipinski definition) is 2. The summed E-state index contributed by atoms with van der Waals surface area (Å²) in [6.07, 6.45) is 1.85. The zero-order chi connectivity index (χ0) is 17.4. The van der Waals surface area contributed by atoms with Gasteiger partial charge in [0.25, 0.3) is 5.91 Å². The third kappa shape index (κ3) is 4.93. The van der Waals surface area contributed by atoms with E-state index < -0.39 is 0 Å². The van der Waals surface area contributed by atoms with Gasteiger partial charge in [-0.05, 0) is 24.0 Å². The van der Waals surface area contributed by atoms with Crippen LogP contribution >= 0.6 is 0 Å². The van der Waals surface area contributed by atoms with Gasteiger partial charge in [0.2, 0.25) is 0 Å². The highest BCUT2D eigenvalue weighted by Gasteiger charge is 2.23. The molecule has 0 fully saturated rings. The molecule has 0 spiro atoms. The molecule has 0 aliphatic heterocycles. The van der Waals surface area contributed by atoms with Gasteiger partial charge in [-0.2, -0.15) is 0 Å². The molecule has 0 bridgehead atoms. The van der Waals surface area contributed by atoms with E-state index in [9.17, 15) is 4.79 Å². The van der Waals surface area contributed by atoms with Crippen molar-refractivity contribution in [2.24, 2.45) is 5.92 Å². The van der Waals surface area contributed by atoms with Gasteiger partial charge < -0.3 is 11.1 Å². The second-order valence-corrected chi connectivity index (χ2v) is 6.45. The summed E-state index contributed by atoms with van der Waals surface area (Å²) in [6.45, 7) is 4.83. The molecule has 3 heteroatoms. The van der Waals surface area contributed by atoms with Crippen molar-refractivity contribution < 1.29 is 10.5 Å². The van der Waals surface area contributed by atoms with E-state index in [4.69, 9.17) is 0 Å². The van der Waals surface area contributed by atoms with E-state index in [-0.39, 0.29) is 11.9 Å². The predicted molar refractivity (Wildman–Crippen MR) is 98.5 cm³/mol. The summed E-state index contributed by atoms with van der Waals surface area (Å²) in [5, 5.41) is 3.07. The minimum absolute atomic E-state index is 0.0595. The fourth-order valence-electron chi connectivity index (χ4n) is 2.91. The lowest BCUT2D eigenvalue weighted by atomic mass is 9.88. The van der Waals surface area contributed by atoms with Crippen molar-refractivity contribution >= 4 is 5.91 Å². The maximum Gasteiger partial charge on any atom is 0.278 e. The largest absolute Gasteiger partial charge is 0.351 e. The van der Waals surface area contributed by atoms with Crippen molar-refractivity contribution in [2.45, 2.75) is 38.6 Å². The second kappa shape index (κ2) is 9.24. The molecule has 2 aromatic rings. The average Bonchev–Trinajstić information content (AvgIpc) is 2.65. The van der Waals surface area contributed by atoms with Gasteiger partial charge in [0.15, 0.2) is 6.04 Å². The van der Waals surface area contributed by atoms with E-state index in [1.807, 2.05) is 12.1 Å². The Labute approximate surface area is 145 Å². The molecular formula is C21H29N2O+. The first kappa shape index (κ1) is 18.2. The molecule has 2 aromatic carbocycles. The Hall–Kier alpha value is -2.13. The molecule has 2 rings (SSSR count). The van der Waals surface area contributed by atoms with Crippen LogP contribution in [0.4, 0.5) is 0 Å². The van der Waals surface area contributed by atoms with Gasteiger partial charge in [-0.15, -0.1) is 0 Å². The van der Waals surface area contributed by atoms with Gasteiger partial charge >= 0.3 is 0 Å².